The Balaban J connectivity index is 1.06. The van der Waals surface area contributed by atoms with Gasteiger partial charge in [0.25, 0.3) is 6.71 Å². The molecule has 0 radical (unpaired) electrons. The van der Waals surface area contributed by atoms with Crippen molar-refractivity contribution in [2.75, 3.05) is 0 Å². The van der Waals surface area contributed by atoms with Gasteiger partial charge in [-0.05, 0) is 160 Å². The monoisotopic (exact) mass is 1190 g/mol. The van der Waals surface area contributed by atoms with E-state index in [0.717, 1.165) is 61.3 Å². The van der Waals surface area contributed by atoms with Crippen molar-refractivity contribution in [1.29, 1.82) is 0 Å². The number of aromatic nitrogens is 4. The third kappa shape index (κ3) is 8.74. The molecule has 0 aliphatic carbocycles. The van der Waals surface area contributed by atoms with E-state index in [4.69, 9.17) is 9.97 Å². The van der Waals surface area contributed by atoms with Crippen LogP contribution in [0.2, 0.25) is 0 Å². The second kappa shape index (κ2) is 20.7. The summed E-state index contributed by atoms with van der Waals surface area (Å²) in [5.41, 5.74) is 31.4. The Hall–Kier alpha value is -11.1. The van der Waals surface area contributed by atoms with Gasteiger partial charge in [-0.1, -0.05) is 272 Å². The van der Waals surface area contributed by atoms with Gasteiger partial charge in [-0.3, -0.25) is 0 Å². The van der Waals surface area contributed by atoms with Crippen LogP contribution in [0.15, 0.2) is 285 Å². The fraction of sp³-hybridized carbons (Fsp3) is 0.0909. The van der Waals surface area contributed by atoms with Crippen LogP contribution in [0.3, 0.4) is 0 Å². The smallest absolute Gasteiger partial charge is 0.252 e. The average molecular weight is 1190 g/mol. The largest absolute Gasteiger partial charge is 0.310 e. The minimum absolute atomic E-state index is 0.00462. The molecule has 2 aliphatic heterocycles. The Bertz CT molecular complexity index is 5410. The Labute approximate surface area is 542 Å². The molecular weight excluding hydrogens is 1120 g/mol. The molecule has 16 aromatic rings. The minimum Gasteiger partial charge on any atom is -0.310 e. The fourth-order valence-electron chi connectivity index (χ4n) is 15.4. The predicted octanol–water partition coefficient (Wildman–Crippen LogP) is 20.9. The first kappa shape index (κ1) is 54.8. The number of rotatable bonds is 8. The van der Waals surface area contributed by atoms with Crippen LogP contribution in [0.25, 0.3) is 155 Å². The zero-order valence-corrected chi connectivity index (χ0v) is 53.0. The molecule has 0 amide bonds. The summed E-state index contributed by atoms with van der Waals surface area (Å²) in [6.45, 7) is 13.6. The molecule has 3 aromatic heterocycles. The number of para-hydroxylation sites is 1. The average Bonchev–Trinajstić information content (AvgIpc) is 1.55. The summed E-state index contributed by atoms with van der Waals surface area (Å²) in [5, 5.41) is 5.90. The molecule has 5 heteroatoms. The number of benzene rings is 13. The van der Waals surface area contributed by atoms with E-state index < -0.39 is 0 Å². The zero-order chi connectivity index (χ0) is 62.4. The van der Waals surface area contributed by atoms with Crippen molar-refractivity contribution in [1.82, 2.24) is 19.1 Å². The summed E-state index contributed by atoms with van der Waals surface area (Å²) < 4.78 is 5.33. The number of hydrogen-bond donors (Lipinski definition) is 0. The van der Waals surface area contributed by atoms with Gasteiger partial charge in [0, 0.05) is 60.5 Å². The molecule has 0 saturated carbocycles. The maximum absolute atomic E-state index is 5.71. The zero-order valence-electron chi connectivity index (χ0n) is 53.0. The van der Waals surface area contributed by atoms with Gasteiger partial charge in [-0.15, -0.1) is 0 Å². The van der Waals surface area contributed by atoms with E-state index in [-0.39, 0.29) is 17.5 Å². The fourth-order valence-corrected chi connectivity index (χ4v) is 15.4. The molecule has 0 fully saturated rings. The van der Waals surface area contributed by atoms with Crippen LogP contribution < -0.4 is 16.4 Å². The number of nitrogens with zero attached hydrogens (tertiary/aromatic N) is 4. The number of fused-ring (bicyclic) bond motifs is 11. The summed E-state index contributed by atoms with van der Waals surface area (Å²) in [4.78, 5) is 11.0. The van der Waals surface area contributed by atoms with Gasteiger partial charge in [0.15, 0.2) is 5.82 Å². The standard InChI is InChI=1S/C88H65BN4/c1-87(2,3)66-40-36-56(37-41-66)61-46-71-80-69(58-28-16-9-17-29-58)44-63(54-24-12-7-13-25-54)50-76(80)92-78-52-65(83-68-34-22-23-35-75(68)90-86(91-83)60-32-20-11-21-33-60)53-79-82(78)89(73(48-61)84(71)92)74-49-62(57-38-42-67(43-39-57)88(4,5)6)47-72-81-70(59-30-18-10-19-31-59)45-64(55-26-14-8-15-27-55)51-77(81)93(79)85(72)74/h7-53H,1-6H3. The lowest BCUT2D eigenvalue weighted by atomic mass is 9.34. The van der Waals surface area contributed by atoms with E-state index in [9.17, 15) is 0 Å². The van der Waals surface area contributed by atoms with E-state index in [2.05, 4.69) is 336 Å². The van der Waals surface area contributed by atoms with Gasteiger partial charge in [-0.2, -0.15) is 0 Å². The van der Waals surface area contributed by atoms with Crippen molar-refractivity contribution < 1.29 is 0 Å². The van der Waals surface area contributed by atoms with Gasteiger partial charge in [0.05, 0.1) is 22.2 Å². The quantitative estimate of drug-likeness (QED) is 0.142. The third-order valence-electron chi connectivity index (χ3n) is 20.0. The topological polar surface area (TPSA) is 35.6 Å². The van der Waals surface area contributed by atoms with Crippen LogP contribution in [0.1, 0.15) is 52.7 Å². The van der Waals surface area contributed by atoms with Crippen LogP contribution in [-0.2, 0) is 10.8 Å². The van der Waals surface area contributed by atoms with Crippen LogP contribution in [0.5, 0.6) is 0 Å². The van der Waals surface area contributed by atoms with Gasteiger partial charge >= 0.3 is 0 Å². The molecule has 0 N–H and O–H groups in total. The molecule has 0 saturated heterocycles. The van der Waals surface area contributed by atoms with E-state index >= 15 is 0 Å². The van der Waals surface area contributed by atoms with Crippen molar-refractivity contribution in [2.45, 2.75) is 52.4 Å². The van der Waals surface area contributed by atoms with Crippen molar-refractivity contribution in [3.8, 4) is 101 Å². The Morgan fingerprint density at radius 2 is 0.677 bits per heavy atom. The van der Waals surface area contributed by atoms with E-state index in [1.807, 2.05) is 0 Å². The van der Waals surface area contributed by atoms with Crippen molar-refractivity contribution in [2.24, 2.45) is 0 Å². The second-order valence-corrected chi connectivity index (χ2v) is 27.7. The van der Waals surface area contributed by atoms with Gasteiger partial charge in [0.2, 0.25) is 0 Å². The summed E-state index contributed by atoms with van der Waals surface area (Å²) in [6.07, 6.45) is 0. The highest BCUT2D eigenvalue weighted by molar-refractivity contribution is 7.00. The molecule has 5 heterocycles. The molecule has 0 atom stereocenters. The van der Waals surface area contributed by atoms with Crippen LogP contribution in [0, 0.1) is 0 Å². The first-order chi connectivity index (χ1) is 45.4. The lowest BCUT2D eigenvalue weighted by Gasteiger charge is -2.35. The van der Waals surface area contributed by atoms with Crippen molar-refractivity contribution >= 4 is 77.6 Å². The highest BCUT2D eigenvalue weighted by Crippen LogP contribution is 2.49. The van der Waals surface area contributed by atoms with Crippen LogP contribution in [-0.4, -0.2) is 25.8 Å². The minimum atomic E-state index is -0.213. The predicted molar refractivity (Wildman–Crippen MR) is 394 cm³/mol. The highest BCUT2D eigenvalue weighted by atomic mass is 15.0. The van der Waals surface area contributed by atoms with Crippen LogP contribution >= 0.6 is 0 Å². The summed E-state index contributed by atoms with van der Waals surface area (Å²) in [6, 6.07) is 107. The highest BCUT2D eigenvalue weighted by Gasteiger charge is 2.43. The van der Waals surface area contributed by atoms with E-state index in [1.54, 1.807) is 0 Å². The van der Waals surface area contributed by atoms with E-state index in [1.165, 1.54) is 116 Å². The number of hydrogen-bond acceptors (Lipinski definition) is 2. The van der Waals surface area contributed by atoms with Crippen molar-refractivity contribution in [3.05, 3.63) is 296 Å². The maximum Gasteiger partial charge on any atom is 0.252 e. The lowest BCUT2D eigenvalue weighted by Crippen LogP contribution is -2.59. The molecule has 4 nitrogen and oxygen atoms in total. The first-order valence-corrected chi connectivity index (χ1v) is 32.6. The van der Waals surface area contributed by atoms with Gasteiger partial charge < -0.3 is 9.13 Å². The van der Waals surface area contributed by atoms with Crippen molar-refractivity contribution in [3.63, 3.8) is 0 Å². The summed E-state index contributed by atoms with van der Waals surface area (Å²) in [5.74, 6) is 0.693. The van der Waals surface area contributed by atoms with Crippen LogP contribution in [0.4, 0.5) is 0 Å². The molecule has 13 aromatic carbocycles. The maximum atomic E-state index is 5.71. The van der Waals surface area contributed by atoms with Gasteiger partial charge in [-0.25, -0.2) is 9.97 Å². The Kier molecular flexibility index (Phi) is 12.2. The normalized spacial score (nSPS) is 12.6. The third-order valence-corrected chi connectivity index (χ3v) is 20.0. The second-order valence-electron chi connectivity index (χ2n) is 27.7. The molecule has 0 bridgehead atoms. The summed E-state index contributed by atoms with van der Waals surface area (Å²) in [7, 11) is 0. The SMILES string of the molecule is CC(C)(C)c1ccc(-c2cc3c4c(c2)c2c(-c5ccccc5)cc(-c5ccccc5)cc2n4-c2cc(-c4nc(-c5ccccc5)nc5ccccc45)cc4c2B3c2cc(-c3ccc(C(C)(C)C)cc3)cc3c5c(-c6ccccc6)cc(-c6ccccc6)cc5n-4c23)cc1. The molecule has 0 unspecified atom stereocenters. The molecular formula is C88H65BN4. The Morgan fingerprint density at radius 1 is 0.301 bits per heavy atom. The molecule has 2 aliphatic rings. The lowest BCUT2D eigenvalue weighted by molar-refractivity contribution is 0.590. The summed E-state index contributed by atoms with van der Waals surface area (Å²) >= 11 is 0. The first-order valence-electron chi connectivity index (χ1n) is 32.6. The molecule has 93 heavy (non-hydrogen) atoms. The molecule has 0 spiro atoms. The van der Waals surface area contributed by atoms with E-state index in [0.29, 0.717) is 5.82 Å². The molecule has 18 rings (SSSR count). The molecule has 440 valence electrons. The van der Waals surface area contributed by atoms with Gasteiger partial charge in [0.1, 0.15) is 0 Å². The Morgan fingerprint density at radius 3 is 1.11 bits per heavy atom.